The highest BCUT2D eigenvalue weighted by Crippen LogP contribution is 2.17. The van der Waals surface area contributed by atoms with E-state index in [0.717, 1.165) is 0 Å². The zero-order chi connectivity index (χ0) is 12.1. The minimum Gasteiger partial charge on any atom is -0.394 e. The number of aromatic nitrogens is 1. The lowest BCUT2D eigenvalue weighted by Crippen LogP contribution is -2.40. The van der Waals surface area contributed by atoms with Gasteiger partial charge in [0.2, 0.25) is 0 Å². The summed E-state index contributed by atoms with van der Waals surface area (Å²) in [5.41, 5.74) is 0.183. The van der Waals surface area contributed by atoms with Crippen LogP contribution < -0.4 is 5.32 Å². The number of pyridine rings is 1. The van der Waals surface area contributed by atoms with Crippen LogP contribution in [0.15, 0.2) is 16.7 Å². The fraction of sp³-hybridized carbons (Fsp3) is 0.333. The van der Waals surface area contributed by atoms with Gasteiger partial charge in [-0.2, -0.15) is 0 Å². The smallest absolute Gasteiger partial charge is 0.254 e. The molecule has 0 radical (unpaired) electrons. The van der Waals surface area contributed by atoms with Crippen LogP contribution in [0.4, 0.5) is 0 Å². The Morgan fingerprint density at radius 3 is 2.75 bits per heavy atom. The largest absolute Gasteiger partial charge is 0.394 e. The van der Waals surface area contributed by atoms with Gasteiger partial charge in [0.05, 0.1) is 24.8 Å². The molecule has 0 aliphatic rings. The van der Waals surface area contributed by atoms with Gasteiger partial charge in [-0.25, -0.2) is 4.98 Å². The third-order valence-corrected chi connectivity index (χ3v) is 2.56. The molecule has 0 aliphatic heterocycles. The van der Waals surface area contributed by atoms with Crippen LogP contribution in [0.3, 0.4) is 0 Å². The predicted octanol–water partition coefficient (Wildman–Crippen LogP) is 0.580. The molecule has 1 aromatic rings. The summed E-state index contributed by atoms with van der Waals surface area (Å²) in [6.45, 7) is -0.692. The van der Waals surface area contributed by atoms with Crippen LogP contribution in [-0.2, 0) is 0 Å². The maximum Gasteiger partial charge on any atom is 0.254 e. The Kier molecular flexibility index (Phi) is 5.14. The fourth-order valence-electron chi connectivity index (χ4n) is 0.994. The van der Waals surface area contributed by atoms with Crippen LogP contribution in [0.5, 0.6) is 0 Å². The highest BCUT2D eigenvalue weighted by molar-refractivity contribution is 9.10. The maximum absolute atomic E-state index is 11.7. The molecule has 0 bridgehead atoms. The summed E-state index contributed by atoms with van der Waals surface area (Å²) in [6.07, 6.45) is 1.47. The van der Waals surface area contributed by atoms with Gasteiger partial charge in [0.1, 0.15) is 5.15 Å². The highest BCUT2D eigenvalue weighted by atomic mass is 79.9. The van der Waals surface area contributed by atoms with Crippen molar-refractivity contribution >= 4 is 33.4 Å². The summed E-state index contributed by atoms with van der Waals surface area (Å²) in [5, 5.41) is 20.1. The minimum absolute atomic E-state index is 0.0651. The number of carbonyl (C=O) groups is 1. The molecule has 0 spiro atoms. The highest BCUT2D eigenvalue weighted by Gasteiger charge is 2.15. The summed E-state index contributed by atoms with van der Waals surface area (Å²) < 4.78 is 0.617. The SMILES string of the molecule is O=C(NC(CO)CO)c1cc(Br)cnc1Cl. The quantitative estimate of drug-likeness (QED) is 0.711. The van der Waals surface area contributed by atoms with E-state index in [1.54, 1.807) is 0 Å². The topological polar surface area (TPSA) is 82.5 Å². The van der Waals surface area contributed by atoms with E-state index < -0.39 is 11.9 Å². The maximum atomic E-state index is 11.7. The molecule has 1 amide bonds. The molecule has 88 valence electrons. The first kappa shape index (κ1) is 13.4. The van der Waals surface area contributed by atoms with Gasteiger partial charge in [-0.15, -0.1) is 0 Å². The normalized spacial score (nSPS) is 10.6. The number of halogens is 2. The average molecular weight is 310 g/mol. The van der Waals surface area contributed by atoms with Gasteiger partial charge in [-0.3, -0.25) is 4.79 Å². The monoisotopic (exact) mass is 308 g/mol. The second kappa shape index (κ2) is 6.15. The lowest BCUT2D eigenvalue weighted by atomic mass is 10.2. The Bertz CT molecular complexity index is 385. The number of rotatable bonds is 4. The number of nitrogens with one attached hydrogen (secondary N) is 1. The van der Waals surface area contributed by atoms with Crippen LogP contribution in [0.2, 0.25) is 5.15 Å². The van der Waals surface area contributed by atoms with Crippen LogP contribution in [0.1, 0.15) is 10.4 Å². The Hall–Kier alpha value is -0.690. The van der Waals surface area contributed by atoms with Gasteiger partial charge in [0.15, 0.2) is 0 Å². The number of hydrogen-bond donors (Lipinski definition) is 3. The summed E-state index contributed by atoms with van der Waals surface area (Å²) in [4.78, 5) is 15.5. The Morgan fingerprint density at radius 1 is 1.56 bits per heavy atom. The van der Waals surface area contributed by atoms with Crippen molar-refractivity contribution in [3.63, 3.8) is 0 Å². The summed E-state index contributed by atoms with van der Waals surface area (Å²) >= 11 is 8.91. The van der Waals surface area contributed by atoms with E-state index in [1.165, 1.54) is 12.3 Å². The number of hydrogen-bond acceptors (Lipinski definition) is 4. The number of aliphatic hydroxyl groups excluding tert-OH is 2. The van der Waals surface area contributed by atoms with E-state index in [2.05, 4.69) is 26.2 Å². The van der Waals surface area contributed by atoms with Crippen LogP contribution in [0.25, 0.3) is 0 Å². The molecular weight excluding hydrogens is 299 g/mol. The van der Waals surface area contributed by atoms with Crippen molar-refractivity contribution in [1.82, 2.24) is 10.3 Å². The van der Waals surface area contributed by atoms with E-state index in [4.69, 9.17) is 21.8 Å². The minimum atomic E-state index is -0.706. The third kappa shape index (κ3) is 3.41. The van der Waals surface area contributed by atoms with Crippen molar-refractivity contribution in [3.05, 3.63) is 27.5 Å². The summed E-state index contributed by atoms with van der Waals surface area (Å²) in [5.74, 6) is -0.494. The molecule has 0 unspecified atom stereocenters. The predicted molar refractivity (Wildman–Crippen MR) is 62.4 cm³/mol. The summed E-state index contributed by atoms with van der Waals surface area (Å²) in [6, 6.07) is 0.804. The third-order valence-electron chi connectivity index (χ3n) is 1.83. The molecule has 0 aromatic carbocycles. The van der Waals surface area contributed by atoms with Gasteiger partial charge in [0.25, 0.3) is 5.91 Å². The van der Waals surface area contributed by atoms with E-state index in [-0.39, 0.29) is 23.9 Å². The van der Waals surface area contributed by atoms with Crippen molar-refractivity contribution in [3.8, 4) is 0 Å². The van der Waals surface area contributed by atoms with Crippen molar-refractivity contribution in [2.45, 2.75) is 6.04 Å². The first-order valence-corrected chi connectivity index (χ1v) is 5.59. The first-order chi connectivity index (χ1) is 7.58. The molecule has 0 atom stereocenters. The molecule has 5 nitrogen and oxygen atoms in total. The molecule has 7 heteroatoms. The molecule has 1 rings (SSSR count). The molecule has 0 fully saturated rings. The van der Waals surface area contributed by atoms with Gasteiger partial charge in [-0.1, -0.05) is 11.6 Å². The summed E-state index contributed by atoms with van der Waals surface area (Å²) in [7, 11) is 0. The second-order valence-corrected chi connectivity index (χ2v) is 4.30. The zero-order valence-electron chi connectivity index (χ0n) is 8.15. The van der Waals surface area contributed by atoms with Crippen molar-refractivity contribution in [2.75, 3.05) is 13.2 Å². The lowest BCUT2D eigenvalue weighted by Gasteiger charge is -2.13. The molecule has 16 heavy (non-hydrogen) atoms. The molecule has 3 N–H and O–H groups in total. The number of aliphatic hydroxyl groups is 2. The zero-order valence-corrected chi connectivity index (χ0v) is 10.5. The van der Waals surface area contributed by atoms with Crippen LogP contribution in [0, 0.1) is 0 Å². The van der Waals surface area contributed by atoms with Crippen LogP contribution >= 0.6 is 27.5 Å². The van der Waals surface area contributed by atoms with Gasteiger partial charge >= 0.3 is 0 Å². The molecule has 0 saturated carbocycles. The van der Waals surface area contributed by atoms with Crippen molar-refractivity contribution < 1.29 is 15.0 Å². The van der Waals surface area contributed by atoms with Crippen molar-refractivity contribution in [1.29, 1.82) is 0 Å². The van der Waals surface area contributed by atoms with Gasteiger partial charge in [-0.05, 0) is 22.0 Å². The second-order valence-electron chi connectivity index (χ2n) is 3.03. The van der Waals surface area contributed by atoms with Crippen molar-refractivity contribution in [2.24, 2.45) is 0 Å². The molecule has 1 aromatic heterocycles. The fourth-order valence-corrected chi connectivity index (χ4v) is 1.51. The van der Waals surface area contributed by atoms with Crippen LogP contribution in [-0.4, -0.2) is 40.4 Å². The van der Waals surface area contributed by atoms with Gasteiger partial charge < -0.3 is 15.5 Å². The Morgan fingerprint density at radius 2 is 2.19 bits per heavy atom. The van der Waals surface area contributed by atoms with E-state index in [9.17, 15) is 4.79 Å². The number of carbonyl (C=O) groups excluding carboxylic acids is 1. The van der Waals surface area contributed by atoms with E-state index in [0.29, 0.717) is 4.47 Å². The Labute approximate surface area is 106 Å². The van der Waals surface area contributed by atoms with E-state index >= 15 is 0 Å². The average Bonchev–Trinajstić information content (AvgIpc) is 2.28. The molecule has 0 saturated heterocycles. The van der Waals surface area contributed by atoms with E-state index in [1.807, 2.05) is 0 Å². The standard InChI is InChI=1S/C9H10BrClN2O3/c10-5-1-7(8(11)12-2-5)9(16)13-6(3-14)4-15/h1-2,6,14-15H,3-4H2,(H,13,16). The molecule has 0 aliphatic carbocycles. The lowest BCUT2D eigenvalue weighted by molar-refractivity contribution is 0.0879. The molecular formula is C9H10BrClN2O3. The number of nitrogens with zero attached hydrogens (tertiary/aromatic N) is 1. The van der Waals surface area contributed by atoms with Gasteiger partial charge in [0, 0.05) is 10.7 Å². The molecule has 1 heterocycles. The first-order valence-electron chi connectivity index (χ1n) is 4.42. The number of amides is 1. The Balaban J connectivity index is 2.83.